The molecule has 0 heterocycles. The molecule has 0 bridgehead atoms. The average molecular weight is 246 g/mol. The molecule has 0 saturated carbocycles. The molecule has 1 rings (SSSR count). The van der Waals surface area contributed by atoms with Crippen LogP contribution in [0, 0.1) is 11.6 Å². The number of rotatable bonds is 5. The number of carboxylic acid groups (broad SMARTS) is 1. The van der Waals surface area contributed by atoms with Gasteiger partial charge in [0.25, 0.3) is 0 Å². The highest BCUT2D eigenvalue weighted by Crippen LogP contribution is 2.24. The molecule has 0 aromatic heterocycles. The highest BCUT2D eigenvalue weighted by molar-refractivity contribution is 5.87. The minimum absolute atomic E-state index is 0.166. The number of carboxylic acids is 1. The maximum Gasteiger partial charge on any atom is 0.335 e. The van der Waals surface area contributed by atoms with Crippen molar-refractivity contribution in [3.63, 3.8) is 0 Å². The first-order valence-electron chi connectivity index (χ1n) is 4.83. The van der Waals surface area contributed by atoms with Crippen LogP contribution in [-0.4, -0.2) is 30.9 Å². The Kier molecular flexibility index (Phi) is 4.39. The van der Waals surface area contributed by atoms with E-state index in [0.717, 1.165) is 0 Å². The lowest BCUT2D eigenvalue weighted by Crippen LogP contribution is -2.19. The van der Waals surface area contributed by atoms with Crippen molar-refractivity contribution < 1.29 is 28.2 Å². The number of hydrogen-bond donors (Lipinski definition) is 1. The Bertz CT molecular complexity index is 397. The van der Waals surface area contributed by atoms with Gasteiger partial charge in [0.2, 0.25) is 0 Å². The summed E-state index contributed by atoms with van der Waals surface area (Å²) in [5.41, 5.74) is -0.466. The average Bonchev–Trinajstić information content (AvgIpc) is 2.23. The van der Waals surface area contributed by atoms with Crippen molar-refractivity contribution in [3.8, 4) is 5.75 Å². The summed E-state index contributed by atoms with van der Waals surface area (Å²) in [5.74, 6) is -4.10. The first kappa shape index (κ1) is 13.4. The SMILES string of the molecule is COCC(C)Oc1c(F)cc(C(=O)O)cc1F. The first-order valence-corrected chi connectivity index (χ1v) is 4.83. The van der Waals surface area contributed by atoms with Crippen LogP contribution in [0.5, 0.6) is 5.75 Å². The molecule has 6 heteroatoms. The van der Waals surface area contributed by atoms with Gasteiger partial charge in [0.15, 0.2) is 17.4 Å². The summed E-state index contributed by atoms with van der Waals surface area (Å²) in [6.45, 7) is 1.74. The Morgan fingerprint density at radius 1 is 1.41 bits per heavy atom. The summed E-state index contributed by atoms with van der Waals surface area (Å²) in [6.07, 6.45) is -0.542. The summed E-state index contributed by atoms with van der Waals surface area (Å²) in [4.78, 5) is 10.5. The van der Waals surface area contributed by atoms with Gasteiger partial charge in [-0.1, -0.05) is 0 Å². The molecule has 1 unspecified atom stereocenters. The van der Waals surface area contributed by atoms with Gasteiger partial charge in [-0.15, -0.1) is 0 Å². The number of halogens is 2. The van der Waals surface area contributed by atoms with Crippen LogP contribution in [-0.2, 0) is 4.74 Å². The van der Waals surface area contributed by atoms with Gasteiger partial charge in [-0.25, -0.2) is 13.6 Å². The third-order valence-corrected chi connectivity index (χ3v) is 1.97. The summed E-state index contributed by atoms with van der Waals surface area (Å²) in [6, 6.07) is 1.42. The van der Waals surface area contributed by atoms with E-state index in [9.17, 15) is 13.6 Å². The van der Waals surface area contributed by atoms with Crippen LogP contribution in [0.4, 0.5) is 8.78 Å². The van der Waals surface area contributed by atoms with Crippen LogP contribution >= 0.6 is 0 Å². The van der Waals surface area contributed by atoms with Gasteiger partial charge in [-0.2, -0.15) is 0 Å². The molecular formula is C11H12F2O4. The quantitative estimate of drug-likeness (QED) is 0.864. The van der Waals surface area contributed by atoms with E-state index in [4.69, 9.17) is 14.6 Å². The minimum Gasteiger partial charge on any atom is -0.482 e. The van der Waals surface area contributed by atoms with E-state index in [1.165, 1.54) is 7.11 Å². The highest BCUT2D eigenvalue weighted by atomic mass is 19.1. The van der Waals surface area contributed by atoms with E-state index < -0.39 is 35.0 Å². The fourth-order valence-corrected chi connectivity index (χ4v) is 1.27. The molecule has 1 atom stereocenters. The second kappa shape index (κ2) is 5.58. The molecule has 0 saturated heterocycles. The van der Waals surface area contributed by atoms with Gasteiger partial charge in [-0.05, 0) is 19.1 Å². The number of benzene rings is 1. The number of aromatic carboxylic acids is 1. The zero-order valence-electron chi connectivity index (χ0n) is 9.37. The molecule has 4 nitrogen and oxygen atoms in total. The zero-order chi connectivity index (χ0) is 13.0. The Labute approximate surface area is 96.8 Å². The van der Waals surface area contributed by atoms with Gasteiger partial charge in [-0.3, -0.25) is 0 Å². The Morgan fingerprint density at radius 3 is 2.35 bits per heavy atom. The maximum atomic E-state index is 13.4. The van der Waals surface area contributed by atoms with Crippen LogP contribution in [0.3, 0.4) is 0 Å². The molecular weight excluding hydrogens is 234 g/mol. The van der Waals surface area contributed by atoms with E-state index in [1.807, 2.05) is 0 Å². The Hall–Kier alpha value is -1.69. The van der Waals surface area contributed by atoms with Crippen molar-refractivity contribution >= 4 is 5.97 Å². The van der Waals surface area contributed by atoms with Crippen molar-refractivity contribution in [2.45, 2.75) is 13.0 Å². The second-order valence-corrected chi connectivity index (χ2v) is 3.46. The van der Waals surface area contributed by atoms with Crippen LogP contribution in [0.1, 0.15) is 17.3 Å². The summed E-state index contributed by atoms with van der Waals surface area (Å²) >= 11 is 0. The third-order valence-electron chi connectivity index (χ3n) is 1.97. The van der Waals surface area contributed by atoms with Crippen molar-refractivity contribution in [1.82, 2.24) is 0 Å². The molecule has 17 heavy (non-hydrogen) atoms. The monoisotopic (exact) mass is 246 g/mol. The predicted molar refractivity (Wildman–Crippen MR) is 55.3 cm³/mol. The lowest BCUT2D eigenvalue weighted by molar-refractivity contribution is 0.0694. The van der Waals surface area contributed by atoms with Gasteiger partial charge in [0.05, 0.1) is 12.2 Å². The highest BCUT2D eigenvalue weighted by Gasteiger charge is 2.17. The Balaban J connectivity index is 2.97. The van der Waals surface area contributed by atoms with E-state index in [2.05, 4.69) is 0 Å². The van der Waals surface area contributed by atoms with Gasteiger partial charge in [0.1, 0.15) is 6.10 Å². The predicted octanol–water partition coefficient (Wildman–Crippen LogP) is 2.08. The topological polar surface area (TPSA) is 55.8 Å². The molecule has 1 N–H and O–H groups in total. The zero-order valence-corrected chi connectivity index (χ0v) is 9.37. The van der Waals surface area contributed by atoms with Gasteiger partial charge >= 0.3 is 5.97 Å². The van der Waals surface area contributed by atoms with Gasteiger partial charge < -0.3 is 14.6 Å². The van der Waals surface area contributed by atoms with Crippen LogP contribution in [0.25, 0.3) is 0 Å². The molecule has 1 aromatic carbocycles. The summed E-state index contributed by atoms with van der Waals surface area (Å²) in [5, 5.41) is 8.60. The number of methoxy groups -OCH3 is 1. The third kappa shape index (κ3) is 3.39. The van der Waals surface area contributed by atoms with Crippen LogP contribution < -0.4 is 4.74 Å². The molecule has 0 aliphatic rings. The van der Waals surface area contributed by atoms with E-state index in [-0.39, 0.29) is 6.61 Å². The minimum atomic E-state index is -1.40. The van der Waals surface area contributed by atoms with Gasteiger partial charge in [0, 0.05) is 7.11 Å². The smallest absolute Gasteiger partial charge is 0.335 e. The van der Waals surface area contributed by atoms with Crippen molar-refractivity contribution in [2.24, 2.45) is 0 Å². The molecule has 0 aliphatic carbocycles. The standard InChI is InChI=1S/C11H12F2O4/c1-6(5-16-2)17-10-8(12)3-7(11(14)15)4-9(10)13/h3-4,6H,5H2,1-2H3,(H,14,15). The summed E-state index contributed by atoms with van der Waals surface area (Å²) < 4.78 is 36.5. The lowest BCUT2D eigenvalue weighted by Gasteiger charge is -2.15. The maximum absolute atomic E-state index is 13.4. The van der Waals surface area contributed by atoms with Crippen molar-refractivity contribution in [3.05, 3.63) is 29.3 Å². The van der Waals surface area contributed by atoms with Crippen molar-refractivity contribution in [1.29, 1.82) is 0 Å². The number of hydrogen-bond acceptors (Lipinski definition) is 3. The molecule has 1 aromatic rings. The molecule has 0 fully saturated rings. The molecule has 0 spiro atoms. The fraction of sp³-hybridized carbons (Fsp3) is 0.364. The Morgan fingerprint density at radius 2 is 1.94 bits per heavy atom. The molecule has 94 valence electrons. The first-order chi connectivity index (χ1) is 7.95. The second-order valence-electron chi connectivity index (χ2n) is 3.46. The normalized spacial score (nSPS) is 12.2. The van der Waals surface area contributed by atoms with Crippen molar-refractivity contribution in [2.75, 3.05) is 13.7 Å². The molecule has 0 amide bonds. The fourth-order valence-electron chi connectivity index (χ4n) is 1.27. The largest absolute Gasteiger partial charge is 0.482 e. The van der Waals surface area contributed by atoms with E-state index in [0.29, 0.717) is 12.1 Å². The molecule has 0 aliphatic heterocycles. The number of ether oxygens (including phenoxy) is 2. The van der Waals surface area contributed by atoms with Crippen LogP contribution in [0.15, 0.2) is 12.1 Å². The van der Waals surface area contributed by atoms with Crippen LogP contribution in [0.2, 0.25) is 0 Å². The van der Waals surface area contributed by atoms with E-state index in [1.54, 1.807) is 6.92 Å². The van der Waals surface area contributed by atoms with E-state index >= 15 is 0 Å². The molecule has 0 radical (unpaired) electrons. The summed E-state index contributed by atoms with van der Waals surface area (Å²) in [7, 11) is 1.43. The number of carbonyl (C=O) groups is 1. The lowest BCUT2D eigenvalue weighted by atomic mass is 10.2.